The molecule has 0 spiro atoms. The van der Waals surface area contributed by atoms with E-state index in [0.29, 0.717) is 23.5 Å². The van der Waals surface area contributed by atoms with Crippen LogP contribution in [0.3, 0.4) is 0 Å². The van der Waals surface area contributed by atoms with Gasteiger partial charge >= 0.3 is 12.4 Å². The van der Waals surface area contributed by atoms with Gasteiger partial charge in [-0.05, 0) is 40.2 Å². The lowest BCUT2D eigenvalue weighted by atomic mass is 10.0. The molecule has 0 fully saturated rings. The molecule has 198 valence electrons. The Balaban J connectivity index is 1.40. The number of nitrogens with one attached hydrogen (secondary N) is 1. The van der Waals surface area contributed by atoms with Crippen molar-refractivity contribution in [1.82, 2.24) is 20.1 Å². The third-order valence-electron chi connectivity index (χ3n) is 5.63. The molecule has 0 radical (unpaired) electrons. The number of imidazole rings is 1. The zero-order valence-electron chi connectivity index (χ0n) is 18.6. The Labute approximate surface area is 216 Å². The van der Waals surface area contributed by atoms with Crippen molar-refractivity contribution in [3.8, 4) is 22.6 Å². The van der Waals surface area contributed by atoms with Gasteiger partial charge in [0.25, 0.3) is 0 Å². The van der Waals surface area contributed by atoms with E-state index in [1.165, 1.54) is 23.4 Å². The van der Waals surface area contributed by atoms with Crippen molar-refractivity contribution in [2.75, 3.05) is 0 Å². The summed E-state index contributed by atoms with van der Waals surface area (Å²) >= 11 is 3.13. The van der Waals surface area contributed by atoms with Gasteiger partial charge in [0, 0.05) is 5.56 Å². The first-order valence-electron chi connectivity index (χ1n) is 10.6. The van der Waals surface area contributed by atoms with E-state index in [2.05, 4.69) is 36.2 Å². The quantitative estimate of drug-likeness (QED) is 0.251. The molecule has 4 aromatic rings. The zero-order chi connectivity index (χ0) is 27.4. The van der Waals surface area contributed by atoms with Gasteiger partial charge in [0.15, 0.2) is 17.4 Å². The number of aromatic amines is 1. The van der Waals surface area contributed by atoms with Crippen LogP contribution in [0, 0.1) is 11.6 Å². The first-order valence-corrected chi connectivity index (χ1v) is 11.4. The maximum atomic E-state index is 14.2. The van der Waals surface area contributed by atoms with E-state index < -0.39 is 40.7 Å². The third kappa shape index (κ3) is 4.77. The molecule has 3 heterocycles. The first kappa shape index (κ1) is 25.9. The van der Waals surface area contributed by atoms with Crippen LogP contribution in [0.5, 0.6) is 0 Å². The zero-order valence-corrected chi connectivity index (χ0v) is 20.1. The van der Waals surface area contributed by atoms with Gasteiger partial charge in [0.2, 0.25) is 0 Å². The Morgan fingerprint density at radius 2 is 1.76 bits per heavy atom. The second-order valence-corrected chi connectivity index (χ2v) is 8.93. The lowest BCUT2D eigenvalue weighted by Crippen LogP contribution is -2.21. The maximum Gasteiger partial charge on any atom is 0.417 e. The fraction of sp³-hybridized carbons (Fsp3) is 0.174. The summed E-state index contributed by atoms with van der Waals surface area (Å²) in [6.07, 6.45) is -8.70. The number of benzene rings is 2. The normalized spacial score (nSPS) is 13.8. The molecule has 1 aliphatic rings. The molecule has 5 rings (SSSR count). The molecule has 0 amide bonds. The minimum Gasteiger partial charge on any atom is -0.358 e. The summed E-state index contributed by atoms with van der Waals surface area (Å²) in [6.45, 7) is -0.0438. The number of alkyl halides is 6. The standard InChI is InChI=1S/C23H12BrF8N5O/c24-18-17(38-36-20(18)11-5-4-10(22(27,28)29)6-13(11)23(30,31)32)9-37-8-16-15(7-33-37)34-21(35-16)12-2-1-3-14(25)19(12)26/h1-7H,8-9H2,(H,34,35). The van der Waals surface area contributed by atoms with Crippen LogP contribution < -0.4 is 0 Å². The van der Waals surface area contributed by atoms with Crippen molar-refractivity contribution in [2.45, 2.75) is 25.4 Å². The van der Waals surface area contributed by atoms with Gasteiger partial charge in [-0.2, -0.15) is 31.4 Å². The van der Waals surface area contributed by atoms with Gasteiger partial charge in [-0.1, -0.05) is 17.3 Å². The molecule has 15 heteroatoms. The number of halogens is 9. The number of aromatic nitrogens is 3. The van der Waals surface area contributed by atoms with Gasteiger partial charge in [-0.3, -0.25) is 5.01 Å². The molecule has 2 aromatic heterocycles. The molecule has 1 aliphatic heterocycles. The average molecular weight is 606 g/mol. The lowest BCUT2D eigenvalue weighted by Gasteiger charge is -2.19. The molecule has 0 aliphatic carbocycles. The van der Waals surface area contributed by atoms with Gasteiger partial charge in [0.05, 0.1) is 51.9 Å². The SMILES string of the molecule is Fc1cccc(-c2nc3c([nH]2)C=NN(Cc2onc(-c4ccc(C(F)(F)F)cc4C(F)(F)F)c2Br)C3)c1F. The van der Waals surface area contributed by atoms with Crippen LogP contribution >= 0.6 is 15.9 Å². The second kappa shape index (κ2) is 9.22. The summed E-state index contributed by atoms with van der Waals surface area (Å²) < 4.78 is 113. The molecular formula is C23H12BrF8N5O. The van der Waals surface area contributed by atoms with Crippen LogP contribution in [-0.2, 0) is 25.4 Å². The van der Waals surface area contributed by atoms with Crippen molar-refractivity contribution in [1.29, 1.82) is 0 Å². The van der Waals surface area contributed by atoms with Crippen LogP contribution in [0.2, 0.25) is 0 Å². The van der Waals surface area contributed by atoms with Gasteiger partial charge in [-0.15, -0.1) is 0 Å². The molecule has 6 nitrogen and oxygen atoms in total. The predicted molar refractivity (Wildman–Crippen MR) is 120 cm³/mol. The highest BCUT2D eigenvalue weighted by Gasteiger charge is 2.39. The predicted octanol–water partition coefficient (Wildman–Crippen LogP) is 7.16. The average Bonchev–Trinajstić information content (AvgIpc) is 3.42. The van der Waals surface area contributed by atoms with E-state index in [4.69, 9.17) is 4.52 Å². The molecule has 0 atom stereocenters. The van der Waals surface area contributed by atoms with E-state index in [0.717, 1.165) is 6.07 Å². The topological polar surface area (TPSA) is 70.3 Å². The summed E-state index contributed by atoms with van der Waals surface area (Å²) in [7, 11) is 0. The summed E-state index contributed by atoms with van der Waals surface area (Å²) in [6, 6.07) is 4.87. The van der Waals surface area contributed by atoms with Gasteiger partial charge in [0.1, 0.15) is 11.5 Å². The van der Waals surface area contributed by atoms with E-state index in [-0.39, 0.29) is 46.5 Å². The molecular weight excluding hydrogens is 594 g/mol. The van der Waals surface area contributed by atoms with E-state index in [1.54, 1.807) is 0 Å². The number of hydrogen-bond acceptors (Lipinski definition) is 5. The summed E-state index contributed by atoms with van der Waals surface area (Å²) in [4.78, 5) is 7.14. The fourth-order valence-corrected chi connectivity index (χ4v) is 4.30. The molecule has 0 unspecified atom stereocenters. The Morgan fingerprint density at radius 1 is 1.00 bits per heavy atom. The number of rotatable bonds is 4. The number of hydrogen-bond donors (Lipinski definition) is 1. The third-order valence-corrected chi connectivity index (χ3v) is 6.45. The van der Waals surface area contributed by atoms with Crippen LogP contribution in [0.4, 0.5) is 35.1 Å². The number of H-pyrrole nitrogens is 1. The van der Waals surface area contributed by atoms with Crippen molar-refractivity contribution in [3.63, 3.8) is 0 Å². The molecule has 2 aromatic carbocycles. The molecule has 1 N–H and O–H groups in total. The smallest absolute Gasteiger partial charge is 0.358 e. The van der Waals surface area contributed by atoms with Crippen LogP contribution in [0.15, 0.2) is 50.5 Å². The Hall–Kier alpha value is -3.75. The van der Waals surface area contributed by atoms with Gasteiger partial charge in [-0.25, -0.2) is 13.8 Å². The Morgan fingerprint density at radius 3 is 2.47 bits per heavy atom. The minimum atomic E-state index is -5.10. The summed E-state index contributed by atoms with van der Waals surface area (Å²) in [5.41, 5.74) is -3.14. The Kier molecular flexibility index (Phi) is 6.28. The minimum absolute atomic E-state index is 0.00620. The fourth-order valence-electron chi connectivity index (χ4n) is 3.82. The largest absolute Gasteiger partial charge is 0.417 e. The first-order chi connectivity index (χ1) is 17.8. The van der Waals surface area contributed by atoms with E-state index in [1.807, 2.05) is 0 Å². The maximum absolute atomic E-state index is 14.2. The van der Waals surface area contributed by atoms with Crippen LogP contribution in [-0.4, -0.2) is 26.3 Å². The van der Waals surface area contributed by atoms with E-state index in [9.17, 15) is 35.1 Å². The van der Waals surface area contributed by atoms with Gasteiger partial charge < -0.3 is 9.51 Å². The number of fused-ring (bicyclic) bond motifs is 1. The number of hydrazone groups is 1. The van der Waals surface area contributed by atoms with Crippen molar-refractivity contribution in [3.05, 3.63) is 80.8 Å². The molecule has 0 bridgehead atoms. The molecule has 38 heavy (non-hydrogen) atoms. The highest BCUT2D eigenvalue weighted by molar-refractivity contribution is 9.10. The second-order valence-electron chi connectivity index (χ2n) is 8.14. The van der Waals surface area contributed by atoms with Crippen LogP contribution in [0.1, 0.15) is 28.3 Å². The van der Waals surface area contributed by atoms with Crippen molar-refractivity contribution >= 4 is 22.1 Å². The number of nitrogens with zero attached hydrogens (tertiary/aromatic N) is 4. The monoisotopic (exact) mass is 605 g/mol. The van der Waals surface area contributed by atoms with Crippen LogP contribution in [0.25, 0.3) is 22.6 Å². The van der Waals surface area contributed by atoms with E-state index >= 15 is 0 Å². The van der Waals surface area contributed by atoms with Crippen molar-refractivity contribution in [2.24, 2.45) is 5.10 Å². The lowest BCUT2D eigenvalue weighted by molar-refractivity contribution is -0.142. The molecule has 0 saturated heterocycles. The Bertz CT molecular complexity index is 1560. The molecule has 0 saturated carbocycles. The summed E-state index contributed by atoms with van der Waals surface area (Å²) in [5, 5.41) is 9.25. The highest BCUT2D eigenvalue weighted by atomic mass is 79.9. The van der Waals surface area contributed by atoms with Crippen molar-refractivity contribution < 1.29 is 39.6 Å². The summed E-state index contributed by atoms with van der Waals surface area (Å²) in [5.74, 6) is -2.00. The highest BCUT2D eigenvalue weighted by Crippen LogP contribution is 2.43.